The maximum atomic E-state index is 6.27. The Morgan fingerprint density at radius 1 is 1.14 bits per heavy atom. The number of aryl methyl sites for hydroxylation is 1. The monoisotopic (exact) mass is 409 g/mol. The maximum Gasteiger partial charge on any atom is 0.170 e. The van der Waals surface area contributed by atoms with E-state index in [1.165, 1.54) is 10.5 Å². The molecule has 0 bridgehead atoms. The smallest absolute Gasteiger partial charge is 0.170 e. The molecule has 144 valence electrons. The van der Waals surface area contributed by atoms with Crippen molar-refractivity contribution in [2.45, 2.75) is 42.3 Å². The van der Waals surface area contributed by atoms with Crippen LogP contribution >= 0.6 is 24.0 Å². The largest absolute Gasteiger partial charge is 0.452 e. The molecule has 0 amide bonds. The molecule has 4 nitrogen and oxygen atoms in total. The number of aromatic nitrogens is 1. The summed E-state index contributed by atoms with van der Waals surface area (Å²) in [5, 5.41) is 5.09. The van der Waals surface area contributed by atoms with Crippen LogP contribution in [0, 0.1) is 6.92 Å². The molecule has 1 aliphatic rings. The molecule has 0 saturated carbocycles. The Balaban J connectivity index is 1.63. The molecule has 1 aromatic carbocycles. The van der Waals surface area contributed by atoms with Crippen LogP contribution in [0.3, 0.4) is 0 Å². The van der Waals surface area contributed by atoms with E-state index in [0.29, 0.717) is 0 Å². The zero-order chi connectivity index (χ0) is 19.5. The van der Waals surface area contributed by atoms with Crippen LogP contribution < -0.4 is 5.32 Å². The first-order valence-corrected chi connectivity index (χ1v) is 10.7. The fourth-order valence-electron chi connectivity index (χ4n) is 3.47. The second kappa shape index (κ2) is 8.37. The van der Waals surface area contributed by atoms with E-state index in [1.807, 2.05) is 30.5 Å². The van der Waals surface area contributed by atoms with Crippen LogP contribution in [0.4, 0.5) is 0 Å². The van der Waals surface area contributed by atoms with Crippen LogP contribution in [0.1, 0.15) is 42.4 Å². The molecular weight excluding hydrogens is 386 g/mol. The zero-order valence-electron chi connectivity index (χ0n) is 16.0. The average molecular weight is 410 g/mol. The van der Waals surface area contributed by atoms with Gasteiger partial charge in [-0.05, 0) is 62.0 Å². The first-order chi connectivity index (χ1) is 13.7. The SMILES string of the molecule is CCCN1C(=S)N[C@@H](c2ccccn2)[C@H]1c1ccc(Sc2ccc(C)cc2)o1. The lowest BCUT2D eigenvalue weighted by Gasteiger charge is -2.25. The van der Waals surface area contributed by atoms with Crippen molar-refractivity contribution in [3.63, 3.8) is 0 Å². The number of benzene rings is 1. The van der Waals surface area contributed by atoms with Crippen molar-refractivity contribution >= 4 is 29.1 Å². The molecular formula is C22H23N3OS2. The van der Waals surface area contributed by atoms with E-state index in [1.54, 1.807) is 11.8 Å². The molecule has 0 spiro atoms. The second-order valence-electron chi connectivity index (χ2n) is 6.89. The quantitative estimate of drug-likeness (QED) is 0.541. The predicted molar refractivity (Wildman–Crippen MR) is 116 cm³/mol. The van der Waals surface area contributed by atoms with Gasteiger partial charge in [0.2, 0.25) is 0 Å². The number of thiocarbonyl (C=S) groups is 1. The number of rotatable bonds is 6. The lowest BCUT2D eigenvalue weighted by atomic mass is 10.0. The summed E-state index contributed by atoms with van der Waals surface area (Å²) in [5.74, 6) is 0.908. The summed E-state index contributed by atoms with van der Waals surface area (Å²) < 4.78 is 6.27. The highest BCUT2D eigenvalue weighted by Crippen LogP contribution is 2.41. The Morgan fingerprint density at radius 3 is 2.68 bits per heavy atom. The highest BCUT2D eigenvalue weighted by atomic mass is 32.2. The first kappa shape index (κ1) is 19.0. The fraction of sp³-hybridized carbons (Fsp3) is 0.273. The molecule has 0 radical (unpaired) electrons. The number of pyridine rings is 1. The summed E-state index contributed by atoms with van der Waals surface area (Å²) in [6.07, 6.45) is 2.83. The highest BCUT2D eigenvalue weighted by molar-refractivity contribution is 7.99. The molecule has 3 heterocycles. The Hall–Kier alpha value is -2.31. The molecule has 6 heteroatoms. The minimum Gasteiger partial charge on any atom is -0.452 e. The standard InChI is InChI=1S/C22H23N3OS2/c1-3-14-25-21(20(24-22(25)27)17-6-4-5-13-23-17)18-11-12-19(26-18)28-16-9-7-15(2)8-10-16/h4-13,20-21H,3,14H2,1-2H3,(H,24,27)/t20-,21+/m0/s1. The van der Waals surface area contributed by atoms with Gasteiger partial charge in [0.05, 0.1) is 11.7 Å². The van der Waals surface area contributed by atoms with Crippen molar-refractivity contribution in [2.75, 3.05) is 6.54 Å². The van der Waals surface area contributed by atoms with Gasteiger partial charge in [-0.2, -0.15) is 0 Å². The minimum atomic E-state index is -0.0244. The van der Waals surface area contributed by atoms with Crippen molar-refractivity contribution in [2.24, 2.45) is 0 Å². The van der Waals surface area contributed by atoms with Crippen LogP contribution in [-0.4, -0.2) is 21.5 Å². The summed E-state index contributed by atoms with van der Waals surface area (Å²) in [6, 6.07) is 18.5. The molecule has 1 aliphatic heterocycles. The van der Waals surface area contributed by atoms with Gasteiger partial charge in [-0.25, -0.2) is 0 Å². The number of hydrogen-bond donors (Lipinski definition) is 1. The van der Waals surface area contributed by atoms with E-state index in [9.17, 15) is 0 Å². The summed E-state index contributed by atoms with van der Waals surface area (Å²) >= 11 is 7.26. The van der Waals surface area contributed by atoms with Gasteiger partial charge in [0.1, 0.15) is 11.8 Å². The minimum absolute atomic E-state index is 0.00489. The Morgan fingerprint density at radius 2 is 1.96 bits per heavy atom. The Bertz CT molecular complexity index is 940. The van der Waals surface area contributed by atoms with Crippen LogP contribution in [0.5, 0.6) is 0 Å². The molecule has 0 aliphatic carbocycles. The summed E-state index contributed by atoms with van der Waals surface area (Å²) in [7, 11) is 0. The number of hydrogen-bond acceptors (Lipinski definition) is 4. The third-order valence-corrected chi connectivity index (χ3v) is 6.08. The van der Waals surface area contributed by atoms with Gasteiger partial charge in [-0.15, -0.1) is 0 Å². The molecule has 1 fully saturated rings. The maximum absolute atomic E-state index is 6.27. The second-order valence-corrected chi connectivity index (χ2v) is 8.36. The van der Waals surface area contributed by atoms with Crippen LogP contribution in [0.25, 0.3) is 0 Å². The Kier molecular flexibility index (Phi) is 5.69. The van der Waals surface area contributed by atoms with E-state index < -0.39 is 0 Å². The summed E-state index contributed by atoms with van der Waals surface area (Å²) in [6.45, 7) is 5.13. The molecule has 1 saturated heterocycles. The molecule has 2 aromatic heterocycles. The van der Waals surface area contributed by atoms with Gasteiger partial charge in [0, 0.05) is 17.6 Å². The third kappa shape index (κ3) is 3.93. The van der Waals surface area contributed by atoms with E-state index in [0.717, 1.165) is 34.6 Å². The van der Waals surface area contributed by atoms with Crippen molar-refractivity contribution in [3.8, 4) is 0 Å². The van der Waals surface area contributed by atoms with Gasteiger partial charge in [0.25, 0.3) is 0 Å². The fourth-order valence-corrected chi connectivity index (χ4v) is 4.58. The first-order valence-electron chi connectivity index (χ1n) is 9.48. The van der Waals surface area contributed by atoms with Crippen LogP contribution in [-0.2, 0) is 0 Å². The summed E-state index contributed by atoms with van der Waals surface area (Å²) in [4.78, 5) is 7.93. The van der Waals surface area contributed by atoms with Gasteiger partial charge in [0.15, 0.2) is 10.2 Å². The van der Waals surface area contributed by atoms with E-state index in [2.05, 4.69) is 59.4 Å². The highest BCUT2D eigenvalue weighted by Gasteiger charge is 2.41. The van der Waals surface area contributed by atoms with Gasteiger partial charge >= 0.3 is 0 Å². The molecule has 0 unspecified atom stereocenters. The van der Waals surface area contributed by atoms with Gasteiger partial charge in [-0.1, -0.05) is 42.4 Å². The van der Waals surface area contributed by atoms with E-state index in [4.69, 9.17) is 16.6 Å². The molecule has 4 rings (SSSR count). The lowest BCUT2D eigenvalue weighted by molar-refractivity contribution is 0.260. The van der Waals surface area contributed by atoms with E-state index >= 15 is 0 Å². The number of nitrogens with zero attached hydrogens (tertiary/aromatic N) is 2. The number of nitrogens with one attached hydrogen (secondary N) is 1. The normalized spacial score (nSPS) is 19.1. The van der Waals surface area contributed by atoms with Crippen molar-refractivity contribution in [3.05, 3.63) is 77.8 Å². The van der Waals surface area contributed by atoms with Gasteiger partial charge in [-0.3, -0.25) is 4.98 Å². The third-order valence-electron chi connectivity index (χ3n) is 4.80. The van der Waals surface area contributed by atoms with Gasteiger partial charge < -0.3 is 14.6 Å². The van der Waals surface area contributed by atoms with Crippen LogP contribution in [0.2, 0.25) is 0 Å². The zero-order valence-corrected chi connectivity index (χ0v) is 17.6. The Labute approximate surface area is 175 Å². The van der Waals surface area contributed by atoms with Crippen LogP contribution in [0.15, 0.2) is 75.2 Å². The average Bonchev–Trinajstić information content (AvgIpc) is 3.29. The molecule has 3 aromatic rings. The van der Waals surface area contributed by atoms with Crippen molar-refractivity contribution < 1.29 is 4.42 Å². The lowest BCUT2D eigenvalue weighted by Crippen LogP contribution is -2.30. The number of furan rings is 1. The predicted octanol–water partition coefficient (Wildman–Crippen LogP) is 5.52. The van der Waals surface area contributed by atoms with E-state index in [-0.39, 0.29) is 12.1 Å². The van der Waals surface area contributed by atoms with Crippen molar-refractivity contribution in [1.29, 1.82) is 0 Å². The molecule has 1 N–H and O–H groups in total. The summed E-state index contributed by atoms with van der Waals surface area (Å²) in [5.41, 5.74) is 2.22. The molecule has 2 atom stereocenters. The van der Waals surface area contributed by atoms with Crippen molar-refractivity contribution in [1.82, 2.24) is 15.2 Å². The molecule has 28 heavy (non-hydrogen) atoms. The topological polar surface area (TPSA) is 41.3 Å².